The number of likely N-dealkylation sites (tertiary alicyclic amines) is 2. The summed E-state index contributed by atoms with van der Waals surface area (Å²) in [4.78, 5) is 22.6. The lowest BCUT2D eigenvalue weighted by atomic mass is 9.85. The van der Waals surface area contributed by atoms with Crippen molar-refractivity contribution in [2.45, 2.75) is 77.0 Å². The number of carbonyl (C=O) groups is 1. The highest BCUT2D eigenvalue weighted by Gasteiger charge is 2.32. The molecule has 4 rings (SSSR count). The lowest BCUT2D eigenvalue weighted by molar-refractivity contribution is 0.0743. The minimum atomic E-state index is 0.136. The van der Waals surface area contributed by atoms with Crippen LogP contribution in [0.1, 0.15) is 92.5 Å². The zero-order valence-corrected chi connectivity index (χ0v) is 18.2. The molecule has 2 aliphatic heterocycles. The smallest absolute Gasteiger partial charge is 0.277 e. The lowest BCUT2D eigenvalue weighted by Crippen LogP contribution is -2.39. The predicted octanol–water partition coefficient (Wildman–Crippen LogP) is 5.43. The SMILES string of the molecule is CCCCCN1CCC(c2nc(C(=O)N3CCCC4CCCC=C43)cs2)CC1. The molecule has 1 amide bonds. The summed E-state index contributed by atoms with van der Waals surface area (Å²) >= 11 is 1.70. The molecule has 1 aliphatic carbocycles. The second kappa shape index (κ2) is 9.53. The maximum absolute atomic E-state index is 13.2. The first-order chi connectivity index (χ1) is 13.8. The number of carbonyl (C=O) groups excluding carboxylic acids is 1. The second-order valence-corrected chi connectivity index (χ2v) is 9.64. The van der Waals surface area contributed by atoms with Crippen molar-refractivity contribution in [2.24, 2.45) is 5.92 Å². The van der Waals surface area contributed by atoms with Gasteiger partial charge >= 0.3 is 0 Å². The number of hydrogen-bond donors (Lipinski definition) is 0. The Labute approximate surface area is 174 Å². The van der Waals surface area contributed by atoms with Crippen molar-refractivity contribution < 1.29 is 4.79 Å². The van der Waals surface area contributed by atoms with E-state index < -0.39 is 0 Å². The van der Waals surface area contributed by atoms with Gasteiger partial charge in [0.1, 0.15) is 5.69 Å². The van der Waals surface area contributed by atoms with E-state index in [0.29, 0.717) is 17.5 Å². The summed E-state index contributed by atoms with van der Waals surface area (Å²) in [7, 11) is 0. The van der Waals surface area contributed by atoms with Crippen molar-refractivity contribution in [2.75, 3.05) is 26.2 Å². The van der Waals surface area contributed by atoms with E-state index in [1.807, 2.05) is 10.3 Å². The summed E-state index contributed by atoms with van der Waals surface area (Å²) in [5, 5.41) is 3.20. The lowest BCUT2D eigenvalue weighted by Gasteiger charge is -2.37. The van der Waals surface area contributed by atoms with Gasteiger partial charge in [-0.2, -0.15) is 0 Å². The Hall–Kier alpha value is -1.20. The van der Waals surface area contributed by atoms with E-state index in [4.69, 9.17) is 4.98 Å². The number of fused-ring (bicyclic) bond motifs is 1. The van der Waals surface area contributed by atoms with Crippen molar-refractivity contribution in [1.82, 2.24) is 14.8 Å². The monoisotopic (exact) mass is 401 g/mol. The summed E-state index contributed by atoms with van der Waals surface area (Å²) in [6.45, 7) is 6.73. The molecule has 2 fully saturated rings. The van der Waals surface area contributed by atoms with Gasteiger partial charge in [0.15, 0.2) is 0 Å². The van der Waals surface area contributed by atoms with Gasteiger partial charge in [0, 0.05) is 23.5 Å². The van der Waals surface area contributed by atoms with E-state index >= 15 is 0 Å². The maximum atomic E-state index is 13.2. The van der Waals surface area contributed by atoms with Crippen LogP contribution in [0.2, 0.25) is 0 Å². The van der Waals surface area contributed by atoms with Crippen LogP contribution >= 0.6 is 11.3 Å². The molecule has 0 aromatic carbocycles. The Balaban J connectivity index is 1.35. The Morgan fingerprint density at radius 3 is 2.75 bits per heavy atom. The largest absolute Gasteiger partial charge is 0.311 e. The number of allylic oxidation sites excluding steroid dienone is 2. The van der Waals surface area contributed by atoms with E-state index in [1.165, 1.54) is 81.7 Å². The number of piperidine rings is 2. The molecule has 154 valence electrons. The highest BCUT2D eigenvalue weighted by Crippen LogP contribution is 2.36. The quantitative estimate of drug-likeness (QED) is 0.596. The van der Waals surface area contributed by atoms with Crippen LogP contribution in [-0.4, -0.2) is 46.9 Å². The first kappa shape index (κ1) is 20.1. The molecule has 3 aliphatic rings. The number of rotatable bonds is 6. The molecule has 2 saturated heterocycles. The zero-order chi connectivity index (χ0) is 19.3. The van der Waals surface area contributed by atoms with Gasteiger partial charge in [-0.15, -0.1) is 11.3 Å². The number of hydrogen-bond acceptors (Lipinski definition) is 4. The molecule has 0 radical (unpaired) electrons. The minimum absolute atomic E-state index is 0.136. The Bertz CT molecular complexity index is 690. The van der Waals surface area contributed by atoms with E-state index in [-0.39, 0.29) is 5.91 Å². The molecular weight excluding hydrogens is 366 g/mol. The van der Waals surface area contributed by atoms with Gasteiger partial charge in [-0.05, 0) is 76.9 Å². The third kappa shape index (κ3) is 4.51. The molecule has 5 heteroatoms. The van der Waals surface area contributed by atoms with Crippen molar-refractivity contribution in [3.8, 4) is 0 Å². The molecule has 3 heterocycles. The Morgan fingerprint density at radius 2 is 1.93 bits per heavy atom. The molecular formula is C23H35N3OS. The molecule has 0 N–H and O–H groups in total. The van der Waals surface area contributed by atoms with Gasteiger partial charge in [-0.1, -0.05) is 25.8 Å². The van der Waals surface area contributed by atoms with Gasteiger partial charge in [-0.25, -0.2) is 4.98 Å². The topological polar surface area (TPSA) is 36.4 Å². The van der Waals surface area contributed by atoms with Crippen LogP contribution in [0.15, 0.2) is 17.2 Å². The number of thiazole rings is 1. The van der Waals surface area contributed by atoms with Gasteiger partial charge in [0.05, 0.1) is 5.01 Å². The van der Waals surface area contributed by atoms with Crippen LogP contribution in [0.4, 0.5) is 0 Å². The number of unbranched alkanes of at least 4 members (excludes halogenated alkanes) is 2. The van der Waals surface area contributed by atoms with E-state index in [2.05, 4.69) is 17.9 Å². The molecule has 1 aromatic rings. The predicted molar refractivity (Wildman–Crippen MR) is 116 cm³/mol. The van der Waals surface area contributed by atoms with E-state index in [0.717, 1.165) is 19.4 Å². The fourth-order valence-corrected chi connectivity index (χ4v) is 6.06. The first-order valence-corrected chi connectivity index (χ1v) is 12.3. The van der Waals surface area contributed by atoms with Crippen LogP contribution < -0.4 is 0 Å². The number of nitrogens with zero attached hydrogens (tertiary/aromatic N) is 3. The van der Waals surface area contributed by atoms with Crippen molar-refractivity contribution in [3.63, 3.8) is 0 Å². The highest BCUT2D eigenvalue weighted by molar-refractivity contribution is 7.09. The van der Waals surface area contributed by atoms with Crippen molar-refractivity contribution in [3.05, 3.63) is 27.9 Å². The van der Waals surface area contributed by atoms with Gasteiger partial charge < -0.3 is 9.80 Å². The van der Waals surface area contributed by atoms with Crippen LogP contribution in [0.25, 0.3) is 0 Å². The fraction of sp³-hybridized carbons (Fsp3) is 0.739. The van der Waals surface area contributed by atoms with Gasteiger partial charge in [0.2, 0.25) is 0 Å². The molecule has 1 aromatic heterocycles. The van der Waals surface area contributed by atoms with Crippen molar-refractivity contribution in [1.29, 1.82) is 0 Å². The van der Waals surface area contributed by atoms with Crippen LogP contribution in [0.5, 0.6) is 0 Å². The summed E-state index contributed by atoms with van der Waals surface area (Å²) in [6, 6.07) is 0. The molecule has 1 unspecified atom stereocenters. The molecule has 4 nitrogen and oxygen atoms in total. The average molecular weight is 402 g/mol. The normalized spacial score (nSPS) is 24.1. The maximum Gasteiger partial charge on any atom is 0.277 e. The van der Waals surface area contributed by atoms with Crippen molar-refractivity contribution >= 4 is 17.2 Å². The number of amides is 1. The summed E-state index contributed by atoms with van der Waals surface area (Å²) < 4.78 is 0. The molecule has 0 bridgehead atoms. The minimum Gasteiger partial charge on any atom is -0.311 e. The second-order valence-electron chi connectivity index (χ2n) is 8.75. The molecule has 1 atom stereocenters. The average Bonchev–Trinajstić information content (AvgIpc) is 3.24. The first-order valence-electron chi connectivity index (χ1n) is 11.5. The van der Waals surface area contributed by atoms with Crippen LogP contribution in [0.3, 0.4) is 0 Å². The summed E-state index contributed by atoms with van der Waals surface area (Å²) in [5.74, 6) is 1.27. The third-order valence-corrected chi connectivity index (χ3v) is 7.78. The van der Waals surface area contributed by atoms with Crippen LogP contribution in [0, 0.1) is 5.92 Å². The van der Waals surface area contributed by atoms with E-state index in [9.17, 15) is 4.79 Å². The van der Waals surface area contributed by atoms with Crippen LogP contribution in [-0.2, 0) is 0 Å². The van der Waals surface area contributed by atoms with Gasteiger partial charge in [0.25, 0.3) is 5.91 Å². The van der Waals surface area contributed by atoms with Gasteiger partial charge in [-0.3, -0.25) is 4.79 Å². The summed E-state index contributed by atoms with van der Waals surface area (Å²) in [5.41, 5.74) is 1.97. The summed E-state index contributed by atoms with van der Waals surface area (Å²) in [6.07, 6.45) is 14.6. The standard InChI is InChI=1S/C23H35N3OS/c1-2-3-6-13-25-15-11-19(12-16-25)22-24-20(17-28-22)23(27)26-14-7-9-18-8-4-5-10-21(18)26/h10,17-19H,2-9,11-16H2,1H3. The van der Waals surface area contributed by atoms with E-state index in [1.54, 1.807) is 11.3 Å². The Kier molecular flexibility index (Phi) is 6.84. The zero-order valence-electron chi connectivity index (χ0n) is 17.4. The molecule has 0 saturated carbocycles. The molecule has 0 spiro atoms. The highest BCUT2D eigenvalue weighted by atomic mass is 32.1. The Morgan fingerprint density at radius 1 is 1.11 bits per heavy atom. The third-order valence-electron chi connectivity index (χ3n) is 6.78. The molecule has 28 heavy (non-hydrogen) atoms. The fourth-order valence-electron chi connectivity index (χ4n) is 5.10. The number of aromatic nitrogens is 1.